The Morgan fingerprint density at radius 3 is 2.70 bits per heavy atom. The second-order valence-electron chi connectivity index (χ2n) is 6.38. The SMILES string of the molecule is COc1cccc(OCC(=O)Nc2cccc(-c3csc(-c4cccnc4)n3)c2)c1. The van der Waals surface area contributed by atoms with Gasteiger partial charge in [0.05, 0.1) is 12.8 Å². The average molecular weight is 417 g/mol. The zero-order valence-electron chi connectivity index (χ0n) is 16.2. The Kier molecular flexibility index (Phi) is 6.01. The minimum absolute atomic E-state index is 0.0980. The number of benzene rings is 2. The van der Waals surface area contributed by atoms with Crippen LogP contribution in [0.4, 0.5) is 5.69 Å². The highest BCUT2D eigenvalue weighted by Gasteiger charge is 2.09. The quantitative estimate of drug-likeness (QED) is 0.463. The smallest absolute Gasteiger partial charge is 0.262 e. The largest absolute Gasteiger partial charge is 0.497 e. The van der Waals surface area contributed by atoms with Gasteiger partial charge in [0.2, 0.25) is 0 Å². The Bertz CT molecular complexity index is 1150. The number of hydrogen-bond donors (Lipinski definition) is 1. The van der Waals surface area contributed by atoms with Gasteiger partial charge in [0, 0.05) is 40.7 Å². The molecular formula is C23H19N3O3S. The van der Waals surface area contributed by atoms with Crippen molar-refractivity contribution in [2.45, 2.75) is 0 Å². The van der Waals surface area contributed by atoms with Crippen LogP contribution in [0.15, 0.2) is 78.4 Å². The lowest BCUT2D eigenvalue weighted by molar-refractivity contribution is -0.118. The zero-order chi connectivity index (χ0) is 20.8. The van der Waals surface area contributed by atoms with Crippen LogP contribution in [-0.2, 0) is 4.79 Å². The van der Waals surface area contributed by atoms with Crippen LogP contribution < -0.4 is 14.8 Å². The molecule has 0 saturated carbocycles. The van der Waals surface area contributed by atoms with Crippen LogP contribution in [0.2, 0.25) is 0 Å². The molecule has 6 nitrogen and oxygen atoms in total. The fraction of sp³-hybridized carbons (Fsp3) is 0.0870. The third kappa shape index (κ3) is 4.82. The van der Waals surface area contributed by atoms with Gasteiger partial charge < -0.3 is 14.8 Å². The van der Waals surface area contributed by atoms with E-state index in [-0.39, 0.29) is 12.5 Å². The number of nitrogens with zero attached hydrogens (tertiary/aromatic N) is 2. The van der Waals surface area contributed by atoms with E-state index in [1.165, 1.54) is 0 Å². The Labute approximate surface area is 178 Å². The second kappa shape index (κ2) is 9.19. The number of methoxy groups -OCH3 is 1. The van der Waals surface area contributed by atoms with E-state index in [1.54, 1.807) is 43.0 Å². The van der Waals surface area contributed by atoms with Gasteiger partial charge in [0.15, 0.2) is 6.61 Å². The van der Waals surface area contributed by atoms with Gasteiger partial charge in [-0.3, -0.25) is 9.78 Å². The van der Waals surface area contributed by atoms with Gasteiger partial charge in [-0.25, -0.2) is 4.98 Å². The zero-order valence-corrected chi connectivity index (χ0v) is 17.1. The molecule has 0 saturated heterocycles. The van der Waals surface area contributed by atoms with Gasteiger partial charge in [-0.05, 0) is 36.4 Å². The van der Waals surface area contributed by atoms with Crippen molar-refractivity contribution < 1.29 is 14.3 Å². The number of pyridine rings is 1. The van der Waals surface area contributed by atoms with Crippen molar-refractivity contribution in [3.8, 4) is 33.3 Å². The molecule has 0 aliphatic heterocycles. The van der Waals surface area contributed by atoms with E-state index in [1.807, 2.05) is 53.9 Å². The predicted octanol–water partition coefficient (Wildman–Crippen LogP) is 4.90. The third-order valence-corrected chi connectivity index (χ3v) is 5.16. The number of carbonyl (C=O) groups is 1. The number of thiazole rings is 1. The molecular weight excluding hydrogens is 398 g/mol. The fourth-order valence-corrected chi connectivity index (χ4v) is 3.64. The van der Waals surface area contributed by atoms with Crippen LogP contribution in [0.3, 0.4) is 0 Å². The number of rotatable bonds is 7. The molecule has 30 heavy (non-hydrogen) atoms. The second-order valence-corrected chi connectivity index (χ2v) is 7.23. The molecule has 0 spiro atoms. The molecule has 1 N–H and O–H groups in total. The summed E-state index contributed by atoms with van der Waals surface area (Å²) in [6, 6.07) is 18.6. The lowest BCUT2D eigenvalue weighted by atomic mass is 10.1. The third-order valence-electron chi connectivity index (χ3n) is 4.27. The molecule has 2 aromatic carbocycles. The highest BCUT2D eigenvalue weighted by atomic mass is 32.1. The summed E-state index contributed by atoms with van der Waals surface area (Å²) in [5, 5.41) is 5.76. The molecule has 0 fully saturated rings. The van der Waals surface area contributed by atoms with Gasteiger partial charge in [0.25, 0.3) is 5.91 Å². The summed E-state index contributed by atoms with van der Waals surface area (Å²) in [4.78, 5) is 21.1. The van der Waals surface area contributed by atoms with Gasteiger partial charge in [-0.15, -0.1) is 11.3 Å². The maximum atomic E-state index is 12.3. The lowest BCUT2D eigenvalue weighted by Crippen LogP contribution is -2.20. The molecule has 0 unspecified atom stereocenters. The molecule has 1 amide bonds. The first kappa shape index (κ1) is 19.6. The molecule has 0 radical (unpaired) electrons. The summed E-state index contributed by atoms with van der Waals surface area (Å²) in [5.74, 6) is 1.00. The fourth-order valence-electron chi connectivity index (χ4n) is 2.82. The van der Waals surface area contributed by atoms with Crippen molar-refractivity contribution >= 4 is 22.9 Å². The Balaban J connectivity index is 1.41. The van der Waals surface area contributed by atoms with Gasteiger partial charge in [-0.2, -0.15) is 0 Å². The first-order valence-corrected chi connectivity index (χ1v) is 10.1. The van der Waals surface area contributed by atoms with Crippen LogP contribution in [0, 0.1) is 0 Å². The lowest BCUT2D eigenvalue weighted by Gasteiger charge is -2.09. The number of hydrogen-bond acceptors (Lipinski definition) is 6. The van der Waals surface area contributed by atoms with E-state index in [4.69, 9.17) is 14.5 Å². The van der Waals surface area contributed by atoms with E-state index in [0.29, 0.717) is 17.2 Å². The number of nitrogens with one attached hydrogen (secondary N) is 1. The van der Waals surface area contributed by atoms with E-state index in [0.717, 1.165) is 21.8 Å². The van der Waals surface area contributed by atoms with Gasteiger partial charge in [0.1, 0.15) is 16.5 Å². The van der Waals surface area contributed by atoms with Crippen molar-refractivity contribution in [2.75, 3.05) is 19.0 Å². The summed E-state index contributed by atoms with van der Waals surface area (Å²) < 4.78 is 10.7. The number of ether oxygens (including phenoxy) is 2. The van der Waals surface area contributed by atoms with E-state index >= 15 is 0 Å². The minimum Gasteiger partial charge on any atom is -0.497 e. The van der Waals surface area contributed by atoms with E-state index in [9.17, 15) is 4.79 Å². The number of aromatic nitrogens is 2. The predicted molar refractivity (Wildman–Crippen MR) is 118 cm³/mol. The van der Waals surface area contributed by atoms with Crippen molar-refractivity contribution in [1.82, 2.24) is 9.97 Å². The molecule has 0 atom stereocenters. The number of carbonyl (C=O) groups excluding carboxylic acids is 1. The van der Waals surface area contributed by atoms with Crippen LogP contribution in [0.1, 0.15) is 0 Å². The molecule has 2 aromatic heterocycles. The highest BCUT2D eigenvalue weighted by Crippen LogP contribution is 2.29. The monoisotopic (exact) mass is 417 g/mol. The molecule has 7 heteroatoms. The summed E-state index contributed by atoms with van der Waals surface area (Å²) in [7, 11) is 1.58. The van der Waals surface area contributed by atoms with Crippen LogP contribution in [-0.4, -0.2) is 29.6 Å². The first-order valence-electron chi connectivity index (χ1n) is 9.24. The van der Waals surface area contributed by atoms with Crippen LogP contribution in [0.25, 0.3) is 21.8 Å². The minimum atomic E-state index is -0.246. The van der Waals surface area contributed by atoms with E-state index < -0.39 is 0 Å². The maximum absolute atomic E-state index is 12.3. The van der Waals surface area contributed by atoms with E-state index in [2.05, 4.69) is 10.3 Å². The van der Waals surface area contributed by atoms with Crippen LogP contribution >= 0.6 is 11.3 Å². The van der Waals surface area contributed by atoms with Crippen molar-refractivity contribution in [1.29, 1.82) is 0 Å². The normalized spacial score (nSPS) is 10.4. The molecule has 0 aliphatic rings. The summed E-state index contributed by atoms with van der Waals surface area (Å²) in [6.07, 6.45) is 3.53. The van der Waals surface area contributed by atoms with Crippen molar-refractivity contribution in [3.05, 3.63) is 78.4 Å². The molecule has 150 valence electrons. The average Bonchev–Trinajstić information content (AvgIpc) is 3.29. The topological polar surface area (TPSA) is 73.3 Å². The molecule has 4 rings (SSSR count). The molecule has 2 heterocycles. The standard InChI is InChI=1S/C23H19N3O3S/c1-28-19-8-3-9-20(12-19)29-14-22(27)25-18-7-2-5-16(11-18)21-15-30-23(26-21)17-6-4-10-24-13-17/h2-13,15H,14H2,1H3,(H,25,27). The molecule has 4 aromatic rings. The first-order chi connectivity index (χ1) is 14.7. The summed E-state index contributed by atoms with van der Waals surface area (Å²) >= 11 is 1.56. The summed E-state index contributed by atoms with van der Waals surface area (Å²) in [5.41, 5.74) is 3.44. The Hall–Kier alpha value is -3.71. The Morgan fingerprint density at radius 2 is 1.87 bits per heavy atom. The summed E-state index contributed by atoms with van der Waals surface area (Å²) in [6.45, 7) is -0.0980. The maximum Gasteiger partial charge on any atom is 0.262 e. The van der Waals surface area contributed by atoms with Crippen LogP contribution in [0.5, 0.6) is 11.5 Å². The van der Waals surface area contributed by atoms with Gasteiger partial charge in [-0.1, -0.05) is 18.2 Å². The van der Waals surface area contributed by atoms with Crippen molar-refractivity contribution in [3.63, 3.8) is 0 Å². The highest BCUT2D eigenvalue weighted by molar-refractivity contribution is 7.13. The van der Waals surface area contributed by atoms with Crippen molar-refractivity contribution in [2.24, 2.45) is 0 Å². The Morgan fingerprint density at radius 1 is 1.03 bits per heavy atom. The van der Waals surface area contributed by atoms with Gasteiger partial charge >= 0.3 is 0 Å². The molecule has 0 bridgehead atoms. The molecule has 0 aliphatic carbocycles. The number of amides is 1. The number of anilines is 1.